The first kappa shape index (κ1) is 15.8. The zero-order valence-electron chi connectivity index (χ0n) is 13.7. The quantitative estimate of drug-likeness (QED) is 0.592. The van der Waals surface area contributed by atoms with E-state index in [0.29, 0.717) is 17.9 Å². The van der Waals surface area contributed by atoms with Crippen molar-refractivity contribution in [3.63, 3.8) is 0 Å². The minimum absolute atomic E-state index is 0.369. The Labute approximate surface area is 148 Å². The molecular weight excluding hydrogens is 330 g/mol. The molecule has 0 bridgehead atoms. The zero-order valence-corrected chi connectivity index (χ0v) is 13.7. The summed E-state index contributed by atoms with van der Waals surface area (Å²) in [4.78, 5) is 22.5. The smallest absolute Gasteiger partial charge is 0.293 e. The Morgan fingerprint density at radius 2 is 1.88 bits per heavy atom. The van der Waals surface area contributed by atoms with E-state index in [-0.39, 0.29) is 0 Å². The summed E-state index contributed by atoms with van der Waals surface area (Å²) in [5, 5.41) is 13.7. The number of aromatic amines is 1. The fourth-order valence-corrected chi connectivity index (χ4v) is 2.62. The van der Waals surface area contributed by atoms with Crippen molar-refractivity contribution < 1.29 is 5.11 Å². The molecule has 7 nitrogen and oxygen atoms in total. The van der Waals surface area contributed by atoms with Crippen molar-refractivity contribution in [3.05, 3.63) is 83.2 Å². The summed E-state index contributed by atoms with van der Waals surface area (Å²) < 4.78 is 1.85. The van der Waals surface area contributed by atoms with E-state index in [1.807, 2.05) is 47.3 Å². The lowest BCUT2D eigenvalue weighted by molar-refractivity contribution is 0.463. The third-order valence-corrected chi connectivity index (χ3v) is 3.93. The van der Waals surface area contributed by atoms with Gasteiger partial charge in [-0.25, -0.2) is 4.98 Å². The number of aromatic hydroxyl groups is 1. The maximum atomic E-state index is 11.6. The van der Waals surface area contributed by atoms with E-state index in [1.54, 1.807) is 18.5 Å². The average molecular weight is 345 g/mol. The molecule has 0 amide bonds. The topological polar surface area (TPSA) is 96.7 Å². The van der Waals surface area contributed by atoms with Crippen molar-refractivity contribution in [1.29, 1.82) is 0 Å². The molecule has 2 N–H and O–H groups in total. The molecule has 7 heteroatoms. The SMILES string of the molecule is O=c1[nH]c(-c2ccnc(-c3cnn(Cc4ccccc4)c3)c2)ncc1O. The van der Waals surface area contributed by atoms with E-state index in [2.05, 4.69) is 20.1 Å². The lowest BCUT2D eigenvalue weighted by Gasteiger charge is -2.03. The van der Waals surface area contributed by atoms with Gasteiger partial charge in [0.05, 0.1) is 24.6 Å². The number of rotatable bonds is 4. The van der Waals surface area contributed by atoms with Gasteiger partial charge in [-0.3, -0.25) is 14.5 Å². The van der Waals surface area contributed by atoms with Gasteiger partial charge in [0.1, 0.15) is 5.82 Å². The lowest BCUT2D eigenvalue weighted by atomic mass is 10.1. The highest BCUT2D eigenvalue weighted by molar-refractivity contribution is 5.65. The van der Waals surface area contributed by atoms with Crippen molar-refractivity contribution in [1.82, 2.24) is 24.7 Å². The molecule has 0 atom stereocenters. The van der Waals surface area contributed by atoms with Crippen molar-refractivity contribution in [3.8, 4) is 28.4 Å². The minimum atomic E-state index is -0.580. The maximum Gasteiger partial charge on any atom is 0.293 e. The molecule has 0 unspecified atom stereocenters. The van der Waals surface area contributed by atoms with Gasteiger partial charge in [-0.2, -0.15) is 5.10 Å². The molecule has 0 aliphatic heterocycles. The summed E-state index contributed by atoms with van der Waals surface area (Å²) in [5.74, 6) is -0.0432. The second-order valence-corrected chi connectivity index (χ2v) is 5.79. The van der Waals surface area contributed by atoms with E-state index in [0.717, 1.165) is 23.0 Å². The Morgan fingerprint density at radius 3 is 2.69 bits per heavy atom. The summed E-state index contributed by atoms with van der Waals surface area (Å²) in [6, 6.07) is 13.6. The monoisotopic (exact) mass is 345 g/mol. The third-order valence-electron chi connectivity index (χ3n) is 3.93. The first-order valence-corrected chi connectivity index (χ1v) is 8.00. The molecule has 0 spiro atoms. The first-order valence-electron chi connectivity index (χ1n) is 8.00. The van der Waals surface area contributed by atoms with E-state index < -0.39 is 11.3 Å². The third kappa shape index (κ3) is 3.23. The number of H-pyrrole nitrogens is 1. The van der Waals surface area contributed by atoms with Gasteiger partial charge in [-0.05, 0) is 17.7 Å². The Bertz CT molecular complexity index is 1100. The van der Waals surface area contributed by atoms with Crippen LogP contribution in [0.4, 0.5) is 0 Å². The van der Waals surface area contributed by atoms with Gasteiger partial charge >= 0.3 is 0 Å². The van der Waals surface area contributed by atoms with Crippen LogP contribution >= 0.6 is 0 Å². The van der Waals surface area contributed by atoms with Gasteiger partial charge in [0.15, 0.2) is 5.75 Å². The van der Waals surface area contributed by atoms with Gasteiger partial charge in [0.2, 0.25) is 0 Å². The number of nitrogens with one attached hydrogen (secondary N) is 1. The van der Waals surface area contributed by atoms with Crippen molar-refractivity contribution in [2.24, 2.45) is 0 Å². The van der Waals surface area contributed by atoms with Crippen LogP contribution in [0.15, 0.2) is 72.0 Å². The number of aromatic nitrogens is 5. The predicted octanol–water partition coefficient (Wildman–Crippen LogP) is 2.45. The van der Waals surface area contributed by atoms with Crippen LogP contribution in [0, 0.1) is 0 Å². The standard InChI is InChI=1S/C19H15N5O2/c25-17-10-21-18(23-19(17)26)14-6-7-20-16(8-14)15-9-22-24(12-15)11-13-4-2-1-3-5-13/h1-10,12,25H,11H2,(H,21,23,26). The van der Waals surface area contributed by atoms with Crippen LogP contribution in [0.5, 0.6) is 5.75 Å². The number of nitrogens with zero attached hydrogens (tertiary/aromatic N) is 4. The number of hydrogen-bond acceptors (Lipinski definition) is 5. The van der Waals surface area contributed by atoms with Crippen LogP contribution in [0.2, 0.25) is 0 Å². The van der Waals surface area contributed by atoms with Gasteiger partial charge < -0.3 is 10.1 Å². The van der Waals surface area contributed by atoms with E-state index in [4.69, 9.17) is 0 Å². The molecule has 0 aliphatic carbocycles. The summed E-state index contributed by atoms with van der Waals surface area (Å²) in [5.41, 5.74) is 2.86. The van der Waals surface area contributed by atoms with Crippen LogP contribution in [0.1, 0.15) is 5.56 Å². The molecule has 26 heavy (non-hydrogen) atoms. The maximum absolute atomic E-state index is 11.6. The molecule has 0 saturated heterocycles. The molecule has 1 aromatic carbocycles. The molecule has 0 radical (unpaired) electrons. The number of benzene rings is 1. The van der Waals surface area contributed by atoms with Crippen LogP contribution in [0.25, 0.3) is 22.6 Å². The summed E-state index contributed by atoms with van der Waals surface area (Å²) in [6.45, 7) is 0.674. The lowest BCUT2D eigenvalue weighted by Crippen LogP contribution is -2.07. The Kier molecular flexibility index (Phi) is 4.03. The van der Waals surface area contributed by atoms with Gasteiger partial charge in [0, 0.05) is 23.5 Å². The van der Waals surface area contributed by atoms with Gasteiger partial charge in [-0.1, -0.05) is 30.3 Å². The molecule has 4 rings (SSSR count). The molecule has 3 heterocycles. The second kappa shape index (κ2) is 6.64. The van der Waals surface area contributed by atoms with Crippen molar-refractivity contribution >= 4 is 0 Å². The fourth-order valence-electron chi connectivity index (χ4n) is 2.62. The summed E-state index contributed by atoms with van der Waals surface area (Å²) in [6.07, 6.45) is 6.45. The second-order valence-electron chi connectivity index (χ2n) is 5.79. The molecule has 4 aromatic rings. The fraction of sp³-hybridized carbons (Fsp3) is 0.0526. The highest BCUT2D eigenvalue weighted by Gasteiger charge is 2.08. The van der Waals surface area contributed by atoms with Gasteiger partial charge in [-0.15, -0.1) is 0 Å². The molecular formula is C19H15N5O2. The number of pyridine rings is 1. The Balaban J connectivity index is 1.62. The normalized spacial score (nSPS) is 10.8. The molecule has 0 aliphatic rings. The number of hydrogen-bond donors (Lipinski definition) is 2. The van der Waals surface area contributed by atoms with Crippen LogP contribution in [-0.4, -0.2) is 29.8 Å². The van der Waals surface area contributed by atoms with Crippen molar-refractivity contribution in [2.45, 2.75) is 6.54 Å². The van der Waals surface area contributed by atoms with E-state index >= 15 is 0 Å². The Hall–Kier alpha value is -3.74. The molecule has 3 aromatic heterocycles. The van der Waals surface area contributed by atoms with Crippen molar-refractivity contribution in [2.75, 3.05) is 0 Å². The summed E-state index contributed by atoms with van der Waals surface area (Å²) >= 11 is 0. The largest absolute Gasteiger partial charge is 0.502 e. The highest BCUT2D eigenvalue weighted by atomic mass is 16.3. The van der Waals surface area contributed by atoms with Crippen LogP contribution in [0.3, 0.4) is 0 Å². The zero-order chi connectivity index (χ0) is 17.9. The predicted molar refractivity (Wildman–Crippen MR) is 96.5 cm³/mol. The van der Waals surface area contributed by atoms with E-state index in [9.17, 15) is 9.90 Å². The minimum Gasteiger partial charge on any atom is -0.502 e. The first-order chi connectivity index (χ1) is 12.7. The van der Waals surface area contributed by atoms with Crippen LogP contribution < -0.4 is 5.56 Å². The molecule has 0 saturated carbocycles. The molecule has 128 valence electrons. The summed E-state index contributed by atoms with van der Waals surface area (Å²) in [7, 11) is 0. The van der Waals surface area contributed by atoms with E-state index in [1.165, 1.54) is 0 Å². The van der Waals surface area contributed by atoms with Gasteiger partial charge in [0.25, 0.3) is 5.56 Å². The highest BCUT2D eigenvalue weighted by Crippen LogP contribution is 2.22. The van der Waals surface area contributed by atoms with Crippen LogP contribution in [-0.2, 0) is 6.54 Å². The molecule has 0 fully saturated rings. The Morgan fingerprint density at radius 1 is 1.04 bits per heavy atom. The average Bonchev–Trinajstić information content (AvgIpc) is 3.13.